The summed E-state index contributed by atoms with van der Waals surface area (Å²) in [5.74, 6) is 4.05. The molecule has 0 spiro atoms. The number of aliphatic hydroxyl groups is 1. The van der Waals surface area contributed by atoms with Gasteiger partial charge in [-0.3, -0.25) is 0 Å². The average molecular weight is 316 g/mol. The Hall–Kier alpha value is -0.760. The van der Waals surface area contributed by atoms with Crippen molar-refractivity contribution < 1.29 is 9.84 Å². The average Bonchev–Trinajstić information content (AvgIpc) is 2.85. The first-order valence-electron chi connectivity index (χ1n) is 9.70. The molecule has 0 amide bonds. The third-order valence-electron chi connectivity index (χ3n) is 7.96. The lowest BCUT2D eigenvalue weighted by molar-refractivity contribution is -0.0401. The number of allylic oxidation sites excluding steroid dienone is 3. The second-order valence-electron chi connectivity index (χ2n) is 8.69. The molecule has 4 aliphatic rings. The Bertz CT molecular complexity index is 546. The van der Waals surface area contributed by atoms with Gasteiger partial charge < -0.3 is 9.84 Å². The lowest BCUT2D eigenvalue weighted by Gasteiger charge is -2.51. The first-order chi connectivity index (χ1) is 11.1. The lowest BCUT2D eigenvalue weighted by Crippen LogP contribution is -2.45. The minimum Gasteiger partial charge on any atom is -0.501 e. The number of hydrogen-bond acceptors (Lipinski definition) is 2. The summed E-state index contributed by atoms with van der Waals surface area (Å²) in [7, 11) is 1.81. The van der Waals surface area contributed by atoms with Crippen molar-refractivity contribution in [2.24, 2.45) is 29.1 Å². The molecular weight excluding hydrogens is 284 g/mol. The van der Waals surface area contributed by atoms with Crippen LogP contribution in [0, 0.1) is 29.1 Å². The van der Waals surface area contributed by atoms with E-state index in [1.54, 1.807) is 18.3 Å². The predicted octanol–water partition coefficient (Wildman–Crippen LogP) is 4.84. The van der Waals surface area contributed by atoms with Gasteiger partial charge in [-0.1, -0.05) is 31.4 Å². The Morgan fingerprint density at radius 1 is 1.35 bits per heavy atom. The standard InChI is InChI=1S/C21H32O2/c1-4-13-12-19-18-7-5-14-11-15(23-3)6-8-16(14)17(18)9-10-21(19,2)20(13)22/h6,13,17-20,22H,4-5,7-12H2,1-3H3/t13-,17+,18+,19-,20-,21-/m0/s1. The largest absolute Gasteiger partial charge is 0.501 e. The Morgan fingerprint density at radius 2 is 2.17 bits per heavy atom. The Morgan fingerprint density at radius 3 is 2.91 bits per heavy atom. The van der Waals surface area contributed by atoms with Gasteiger partial charge in [0.2, 0.25) is 0 Å². The highest BCUT2D eigenvalue weighted by Crippen LogP contribution is 2.62. The van der Waals surface area contributed by atoms with Crippen LogP contribution in [0.1, 0.15) is 65.2 Å². The maximum absolute atomic E-state index is 10.9. The fourth-order valence-electron chi connectivity index (χ4n) is 6.59. The van der Waals surface area contributed by atoms with Gasteiger partial charge in [-0.15, -0.1) is 0 Å². The molecule has 128 valence electrons. The van der Waals surface area contributed by atoms with Crippen LogP contribution in [0.2, 0.25) is 0 Å². The Kier molecular flexibility index (Phi) is 3.87. The summed E-state index contributed by atoms with van der Waals surface area (Å²) in [4.78, 5) is 0. The van der Waals surface area contributed by atoms with Crippen molar-refractivity contribution in [2.75, 3.05) is 7.11 Å². The van der Waals surface area contributed by atoms with Crippen LogP contribution < -0.4 is 0 Å². The zero-order chi connectivity index (χ0) is 16.2. The quantitative estimate of drug-likeness (QED) is 0.739. The number of rotatable bonds is 2. The first-order valence-corrected chi connectivity index (χ1v) is 9.70. The van der Waals surface area contributed by atoms with Gasteiger partial charge in [0, 0.05) is 6.42 Å². The molecule has 0 aromatic carbocycles. The van der Waals surface area contributed by atoms with Crippen molar-refractivity contribution in [3.8, 4) is 0 Å². The van der Waals surface area contributed by atoms with Crippen LogP contribution in [0.15, 0.2) is 23.0 Å². The summed E-state index contributed by atoms with van der Waals surface area (Å²) in [5, 5.41) is 10.9. The molecule has 0 aliphatic heterocycles. The van der Waals surface area contributed by atoms with Crippen LogP contribution in [0.3, 0.4) is 0 Å². The van der Waals surface area contributed by atoms with Gasteiger partial charge in [-0.25, -0.2) is 0 Å². The number of hydrogen-bond donors (Lipinski definition) is 1. The predicted molar refractivity (Wildman–Crippen MR) is 92.8 cm³/mol. The van der Waals surface area contributed by atoms with Gasteiger partial charge in [0.15, 0.2) is 0 Å². The molecule has 1 N–H and O–H groups in total. The molecule has 4 rings (SSSR count). The third kappa shape index (κ3) is 2.24. The van der Waals surface area contributed by atoms with Crippen LogP contribution in [0.5, 0.6) is 0 Å². The van der Waals surface area contributed by atoms with Crippen LogP contribution in [-0.2, 0) is 4.74 Å². The number of aliphatic hydroxyl groups excluding tert-OH is 1. The van der Waals surface area contributed by atoms with E-state index in [1.165, 1.54) is 37.9 Å². The summed E-state index contributed by atoms with van der Waals surface area (Å²) >= 11 is 0. The van der Waals surface area contributed by atoms with Crippen molar-refractivity contribution in [1.82, 2.24) is 0 Å². The molecule has 0 radical (unpaired) electrons. The van der Waals surface area contributed by atoms with Crippen molar-refractivity contribution in [3.63, 3.8) is 0 Å². The van der Waals surface area contributed by atoms with E-state index in [9.17, 15) is 5.11 Å². The third-order valence-corrected chi connectivity index (χ3v) is 7.96. The van der Waals surface area contributed by atoms with E-state index < -0.39 is 0 Å². The minimum atomic E-state index is -0.0693. The van der Waals surface area contributed by atoms with Crippen LogP contribution in [0.4, 0.5) is 0 Å². The molecule has 0 unspecified atom stereocenters. The Labute approximate surface area is 141 Å². The summed E-state index contributed by atoms with van der Waals surface area (Å²) in [6.45, 7) is 4.65. The SMILES string of the molecule is CC[C@H]1C[C@H]2[C@@H]3CCC4=C(CC=C(OC)C4)[C@H]3CC[C@]2(C)[C@H]1O. The van der Waals surface area contributed by atoms with Gasteiger partial charge in [-0.2, -0.15) is 0 Å². The monoisotopic (exact) mass is 316 g/mol. The van der Waals surface area contributed by atoms with E-state index in [0.717, 1.165) is 37.0 Å². The van der Waals surface area contributed by atoms with Crippen LogP contribution in [-0.4, -0.2) is 18.3 Å². The topological polar surface area (TPSA) is 29.5 Å². The molecule has 6 atom stereocenters. The van der Waals surface area contributed by atoms with Gasteiger partial charge in [0.05, 0.1) is 19.0 Å². The van der Waals surface area contributed by atoms with Gasteiger partial charge in [0.25, 0.3) is 0 Å². The smallest absolute Gasteiger partial charge is 0.0959 e. The maximum atomic E-state index is 10.9. The molecule has 4 aliphatic carbocycles. The molecule has 23 heavy (non-hydrogen) atoms. The normalized spacial score (nSPS) is 45.9. The van der Waals surface area contributed by atoms with E-state index >= 15 is 0 Å². The van der Waals surface area contributed by atoms with Crippen molar-refractivity contribution in [2.45, 2.75) is 71.3 Å². The van der Waals surface area contributed by atoms with E-state index in [2.05, 4.69) is 19.9 Å². The minimum absolute atomic E-state index is 0.0693. The molecule has 0 bridgehead atoms. The zero-order valence-electron chi connectivity index (χ0n) is 15.0. The fourth-order valence-corrected chi connectivity index (χ4v) is 6.59. The summed E-state index contributed by atoms with van der Waals surface area (Å²) in [5.41, 5.74) is 3.61. The second-order valence-corrected chi connectivity index (χ2v) is 8.69. The van der Waals surface area contributed by atoms with Crippen LogP contribution >= 0.6 is 0 Å². The van der Waals surface area contributed by atoms with Crippen LogP contribution in [0.25, 0.3) is 0 Å². The van der Waals surface area contributed by atoms with E-state index in [-0.39, 0.29) is 11.5 Å². The Balaban J connectivity index is 1.60. The summed E-state index contributed by atoms with van der Waals surface area (Å²) in [6, 6.07) is 0. The molecule has 2 saturated carbocycles. The van der Waals surface area contributed by atoms with E-state index in [1.807, 2.05) is 0 Å². The van der Waals surface area contributed by atoms with Crippen molar-refractivity contribution >= 4 is 0 Å². The highest BCUT2D eigenvalue weighted by atomic mass is 16.5. The number of ether oxygens (including phenoxy) is 1. The zero-order valence-corrected chi connectivity index (χ0v) is 15.0. The molecular formula is C21H32O2. The molecule has 2 nitrogen and oxygen atoms in total. The molecule has 0 aromatic rings. The van der Waals surface area contributed by atoms with E-state index in [0.29, 0.717) is 5.92 Å². The summed E-state index contributed by atoms with van der Waals surface area (Å²) < 4.78 is 5.50. The maximum Gasteiger partial charge on any atom is 0.0959 e. The first kappa shape index (κ1) is 15.7. The number of fused-ring (bicyclic) bond motifs is 4. The summed E-state index contributed by atoms with van der Waals surface area (Å²) in [6.07, 6.45) is 11.9. The van der Waals surface area contributed by atoms with Gasteiger partial charge >= 0.3 is 0 Å². The van der Waals surface area contributed by atoms with Crippen molar-refractivity contribution in [3.05, 3.63) is 23.0 Å². The van der Waals surface area contributed by atoms with Crippen molar-refractivity contribution in [1.29, 1.82) is 0 Å². The molecule has 2 heteroatoms. The molecule has 0 aromatic heterocycles. The second kappa shape index (κ2) is 5.65. The molecule has 0 saturated heterocycles. The molecule has 2 fully saturated rings. The molecule has 0 heterocycles. The lowest BCUT2D eigenvalue weighted by atomic mass is 9.54. The van der Waals surface area contributed by atoms with Gasteiger partial charge in [-0.05, 0) is 73.7 Å². The van der Waals surface area contributed by atoms with Gasteiger partial charge in [0.1, 0.15) is 0 Å². The fraction of sp³-hybridized carbons (Fsp3) is 0.810. The highest BCUT2D eigenvalue weighted by molar-refractivity contribution is 5.32. The highest BCUT2D eigenvalue weighted by Gasteiger charge is 2.57. The number of methoxy groups -OCH3 is 1. The van der Waals surface area contributed by atoms with E-state index in [4.69, 9.17) is 4.74 Å².